The van der Waals surface area contributed by atoms with Gasteiger partial charge >= 0.3 is 0 Å². The summed E-state index contributed by atoms with van der Waals surface area (Å²) in [5, 5.41) is 0. The normalized spacial score (nSPS) is 19.1. The topological polar surface area (TPSA) is 91.9 Å². The summed E-state index contributed by atoms with van der Waals surface area (Å²) in [6.45, 7) is 7.28. The summed E-state index contributed by atoms with van der Waals surface area (Å²) in [6.07, 6.45) is 5.05. The van der Waals surface area contributed by atoms with Crippen LogP contribution in [0, 0.1) is 5.41 Å². The Bertz CT molecular complexity index is 1170. The van der Waals surface area contributed by atoms with Gasteiger partial charge in [0.2, 0.25) is 0 Å². The smallest absolute Gasteiger partial charge is 0.283 e. The van der Waals surface area contributed by atoms with Gasteiger partial charge in [-0.25, -0.2) is 4.99 Å². The molecule has 7 heteroatoms. The Balaban J connectivity index is 1.63. The van der Waals surface area contributed by atoms with E-state index in [0.717, 1.165) is 28.1 Å². The first-order valence-corrected chi connectivity index (χ1v) is 10.2. The quantitative estimate of drug-likeness (QED) is 0.686. The lowest BCUT2D eigenvalue weighted by atomic mass is 9.80. The molecule has 2 aliphatic heterocycles. The molecule has 2 aromatic carbocycles. The van der Waals surface area contributed by atoms with E-state index in [0.29, 0.717) is 18.1 Å². The van der Waals surface area contributed by atoms with Crippen molar-refractivity contribution in [2.24, 2.45) is 16.1 Å². The summed E-state index contributed by atoms with van der Waals surface area (Å²) in [5.74, 6) is 2.18. The van der Waals surface area contributed by atoms with Gasteiger partial charge in [0.15, 0.2) is 5.54 Å². The van der Waals surface area contributed by atoms with Crippen LogP contribution in [0.15, 0.2) is 60.0 Å². The zero-order valence-electron chi connectivity index (χ0n) is 17.8. The molecule has 5 rings (SSSR count). The number of aliphatic imine (C=N–C) groups is 1. The van der Waals surface area contributed by atoms with Crippen LogP contribution in [0.1, 0.15) is 31.9 Å². The second kappa shape index (κ2) is 6.97. The van der Waals surface area contributed by atoms with E-state index in [1.807, 2.05) is 36.4 Å². The molecule has 1 unspecified atom stereocenters. The Kier molecular flexibility index (Phi) is 4.36. The Hall–Kier alpha value is -3.61. The van der Waals surface area contributed by atoms with Crippen LogP contribution in [0.3, 0.4) is 0 Å². The molecule has 1 spiro atoms. The van der Waals surface area contributed by atoms with E-state index < -0.39 is 5.54 Å². The fourth-order valence-corrected chi connectivity index (χ4v) is 3.83. The van der Waals surface area contributed by atoms with Crippen LogP contribution >= 0.6 is 0 Å². The van der Waals surface area contributed by atoms with Gasteiger partial charge in [-0.15, -0.1) is 0 Å². The highest BCUT2D eigenvalue weighted by Gasteiger charge is 2.47. The molecule has 31 heavy (non-hydrogen) atoms. The minimum Gasteiger partial charge on any atom is -0.493 e. The van der Waals surface area contributed by atoms with Gasteiger partial charge < -0.3 is 19.9 Å². The van der Waals surface area contributed by atoms with Crippen molar-refractivity contribution in [3.8, 4) is 28.5 Å². The SMILES string of the molecule is CC(C)(C)COc1ccc2c(c1)C1(COC(N)=N1)c1cc(-c3cnccn3)ccc1O2. The Morgan fingerprint density at radius 2 is 1.84 bits per heavy atom. The number of aromatic nitrogens is 2. The summed E-state index contributed by atoms with van der Waals surface area (Å²) in [5.41, 5.74) is 8.64. The maximum absolute atomic E-state index is 6.23. The predicted molar refractivity (Wildman–Crippen MR) is 117 cm³/mol. The standard InChI is InChI=1S/C24H24N4O3/c1-23(2,3)13-29-16-5-7-21-18(11-16)24(14-30-22(25)28-24)17-10-15(4-6-20(17)31-21)19-12-26-8-9-27-19/h4-12H,13-14H2,1-3H3,(H2,25,28). The van der Waals surface area contributed by atoms with E-state index >= 15 is 0 Å². The summed E-state index contributed by atoms with van der Waals surface area (Å²) in [6, 6.07) is 11.9. The summed E-state index contributed by atoms with van der Waals surface area (Å²) in [4.78, 5) is 13.3. The fraction of sp³-hybridized carbons (Fsp3) is 0.292. The molecule has 2 N–H and O–H groups in total. The van der Waals surface area contributed by atoms with E-state index in [9.17, 15) is 0 Å². The summed E-state index contributed by atoms with van der Waals surface area (Å²) >= 11 is 0. The largest absolute Gasteiger partial charge is 0.493 e. The molecule has 3 heterocycles. The maximum atomic E-state index is 6.23. The van der Waals surface area contributed by atoms with Crippen LogP contribution in [0.4, 0.5) is 0 Å². The van der Waals surface area contributed by atoms with E-state index in [1.165, 1.54) is 0 Å². The number of benzene rings is 2. The molecule has 1 atom stereocenters. The average Bonchev–Trinajstić information content (AvgIpc) is 3.15. The number of rotatable bonds is 3. The van der Waals surface area contributed by atoms with E-state index in [-0.39, 0.29) is 18.0 Å². The lowest BCUT2D eigenvalue weighted by molar-refractivity contribution is 0.197. The van der Waals surface area contributed by atoms with E-state index in [1.54, 1.807) is 18.6 Å². The zero-order chi connectivity index (χ0) is 21.6. The minimum absolute atomic E-state index is 0.0430. The third-order valence-corrected chi connectivity index (χ3v) is 5.30. The second-order valence-electron chi connectivity index (χ2n) is 9.01. The van der Waals surface area contributed by atoms with Crippen molar-refractivity contribution in [1.29, 1.82) is 0 Å². The maximum Gasteiger partial charge on any atom is 0.283 e. The highest BCUT2D eigenvalue weighted by atomic mass is 16.5. The Labute approximate surface area is 180 Å². The van der Waals surface area contributed by atoms with Crippen molar-refractivity contribution in [3.63, 3.8) is 0 Å². The molecule has 3 aromatic rings. The van der Waals surface area contributed by atoms with Gasteiger partial charge in [-0.2, -0.15) is 0 Å². The van der Waals surface area contributed by atoms with Gasteiger partial charge in [-0.3, -0.25) is 9.97 Å². The van der Waals surface area contributed by atoms with Crippen LogP contribution in [0.2, 0.25) is 0 Å². The summed E-state index contributed by atoms with van der Waals surface area (Å²) < 4.78 is 17.9. The predicted octanol–water partition coefficient (Wildman–Crippen LogP) is 4.26. The number of ether oxygens (including phenoxy) is 3. The number of amidine groups is 1. The lowest BCUT2D eigenvalue weighted by Crippen LogP contribution is -2.31. The fourth-order valence-electron chi connectivity index (χ4n) is 3.83. The second-order valence-corrected chi connectivity index (χ2v) is 9.01. The van der Waals surface area contributed by atoms with Crippen molar-refractivity contribution in [3.05, 3.63) is 66.1 Å². The first-order chi connectivity index (χ1) is 14.8. The number of fused-ring (bicyclic) bond motifs is 4. The number of hydrogen-bond acceptors (Lipinski definition) is 7. The average molecular weight is 416 g/mol. The number of nitrogens with zero attached hydrogens (tertiary/aromatic N) is 3. The van der Waals surface area contributed by atoms with Crippen LogP contribution in [0.25, 0.3) is 11.3 Å². The van der Waals surface area contributed by atoms with Crippen molar-refractivity contribution < 1.29 is 14.2 Å². The van der Waals surface area contributed by atoms with Gasteiger partial charge in [0, 0.05) is 29.1 Å². The number of nitrogens with two attached hydrogens (primary N) is 1. The molecule has 7 nitrogen and oxygen atoms in total. The first-order valence-electron chi connectivity index (χ1n) is 10.2. The molecule has 0 radical (unpaired) electrons. The Morgan fingerprint density at radius 1 is 1.06 bits per heavy atom. The molecule has 0 aliphatic carbocycles. The molecular formula is C24H24N4O3. The highest BCUT2D eigenvalue weighted by molar-refractivity contribution is 5.77. The molecule has 1 aromatic heterocycles. The minimum atomic E-state index is -0.813. The lowest BCUT2D eigenvalue weighted by Gasteiger charge is -2.34. The molecular weight excluding hydrogens is 392 g/mol. The third kappa shape index (κ3) is 3.46. The number of hydrogen-bond donors (Lipinski definition) is 1. The molecule has 0 fully saturated rings. The van der Waals surface area contributed by atoms with Gasteiger partial charge in [-0.05, 0) is 41.8 Å². The molecule has 0 saturated heterocycles. The van der Waals surface area contributed by atoms with E-state index in [4.69, 9.17) is 24.9 Å². The van der Waals surface area contributed by atoms with Crippen molar-refractivity contribution in [2.45, 2.75) is 26.3 Å². The molecule has 158 valence electrons. The van der Waals surface area contributed by atoms with Crippen molar-refractivity contribution >= 4 is 6.02 Å². The molecule has 0 saturated carbocycles. The van der Waals surface area contributed by atoms with Gasteiger partial charge in [0.1, 0.15) is 23.9 Å². The van der Waals surface area contributed by atoms with Crippen LogP contribution in [-0.4, -0.2) is 29.2 Å². The van der Waals surface area contributed by atoms with Crippen LogP contribution in [0.5, 0.6) is 17.2 Å². The van der Waals surface area contributed by atoms with Crippen molar-refractivity contribution in [2.75, 3.05) is 13.2 Å². The van der Waals surface area contributed by atoms with E-state index in [2.05, 4.69) is 30.7 Å². The monoisotopic (exact) mass is 416 g/mol. The van der Waals surface area contributed by atoms with Gasteiger partial charge in [0.25, 0.3) is 6.02 Å². The highest BCUT2D eigenvalue weighted by Crippen LogP contribution is 2.52. The van der Waals surface area contributed by atoms with Gasteiger partial charge in [-0.1, -0.05) is 20.8 Å². The molecule has 2 aliphatic rings. The molecule has 0 amide bonds. The van der Waals surface area contributed by atoms with Crippen molar-refractivity contribution in [1.82, 2.24) is 9.97 Å². The first kappa shape index (κ1) is 19.4. The summed E-state index contributed by atoms with van der Waals surface area (Å²) in [7, 11) is 0. The zero-order valence-corrected chi connectivity index (χ0v) is 17.8. The Morgan fingerprint density at radius 3 is 2.52 bits per heavy atom. The van der Waals surface area contributed by atoms with Crippen LogP contribution < -0.4 is 15.2 Å². The van der Waals surface area contributed by atoms with Crippen LogP contribution in [-0.2, 0) is 10.3 Å². The molecule has 0 bridgehead atoms. The van der Waals surface area contributed by atoms with Gasteiger partial charge in [0.05, 0.1) is 18.5 Å². The third-order valence-electron chi connectivity index (χ3n) is 5.30.